The number of benzene rings is 1. The summed E-state index contributed by atoms with van der Waals surface area (Å²) in [6.07, 6.45) is 0.276. The summed E-state index contributed by atoms with van der Waals surface area (Å²) in [7, 11) is 0. The number of morpholine rings is 1. The first-order valence-corrected chi connectivity index (χ1v) is 7.47. The summed E-state index contributed by atoms with van der Waals surface area (Å²) in [5.74, 6) is -1.28. The highest BCUT2D eigenvalue weighted by Crippen LogP contribution is 2.07. The van der Waals surface area contributed by atoms with E-state index < -0.39 is 12.0 Å². The molecule has 1 fully saturated rings. The number of hydrogen-bond acceptors (Lipinski definition) is 4. The highest BCUT2D eigenvalue weighted by molar-refractivity contribution is 5.86. The number of hydrogen-bond donors (Lipinski definition) is 2. The quantitative estimate of drug-likeness (QED) is 0.801. The Kier molecular flexibility index (Phi) is 5.91. The van der Waals surface area contributed by atoms with Crippen molar-refractivity contribution in [1.82, 2.24) is 10.2 Å². The summed E-state index contributed by atoms with van der Waals surface area (Å²) in [5.41, 5.74) is 0.884. The molecule has 0 spiro atoms. The second kappa shape index (κ2) is 7.91. The molecule has 6 heteroatoms. The normalized spacial score (nSPS) is 18.4. The first-order valence-electron chi connectivity index (χ1n) is 7.47. The Hall–Kier alpha value is -1.92. The molecule has 0 aromatic heterocycles. The molecule has 0 saturated carbocycles. The number of ether oxygens (including phenoxy) is 1. The molecule has 1 aliphatic heterocycles. The fourth-order valence-corrected chi connectivity index (χ4v) is 2.47. The number of carboxylic acids is 1. The van der Waals surface area contributed by atoms with Crippen molar-refractivity contribution in [2.24, 2.45) is 0 Å². The van der Waals surface area contributed by atoms with E-state index in [1.54, 1.807) is 6.92 Å². The minimum absolute atomic E-state index is 0.259. The van der Waals surface area contributed by atoms with E-state index in [4.69, 9.17) is 4.74 Å². The maximum atomic E-state index is 12.3. The molecule has 2 rings (SSSR count). The SMILES string of the molecule is CC(C(=O)N[C@H](Cc1ccccc1)C(=O)O)N1CCOCC1. The molecular formula is C16H22N2O4. The van der Waals surface area contributed by atoms with E-state index in [1.807, 2.05) is 35.2 Å². The molecule has 1 unspecified atom stereocenters. The predicted octanol–water partition coefficient (Wildman–Crippen LogP) is 0.519. The van der Waals surface area contributed by atoms with Gasteiger partial charge in [0.2, 0.25) is 5.91 Å². The fourth-order valence-electron chi connectivity index (χ4n) is 2.47. The molecule has 1 aliphatic rings. The average molecular weight is 306 g/mol. The third-order valence-corrected chi connectivity index (χ3v) is 3.87. The third kappa shape index (κ3) is 4.54. The van der Waals surface area contributed by atoms with Gasteiger partial charge in [0.15, 0.2) is 0 Å². The summed E-state index contributed by atoms with van der Waals surface area (Å²) in [6, 6.07) is 8.01. The van der Waals surface area contributed by atoms with Crippen LogP contribution < -0.4 is 5.32 Å². The van der Waals surface area contributed by atoms with Crippen LogP contribution in [0.1, 0.15) is 12.5 Å². The zero-order valence-corrected chi connectivity index (χ0v) is 12.7. The topological polar surface area (TPSA) is 78.9 Å². The molecule has 0 aliphatic carbocycles. The van der Waals surface area contributed by atoms with E-state index in [9.17, 15) is 14.7 Å². The van der Waals surface area contributed by atoms with Crippen LogP contribution >= 0.6 is 0 Å². The monoisotopic (exact) mass is 306 g/mol. The van der Waals surface area contributed by atoms with Gasteiger partial charge in [-0.3, -0.25) is 9.69 Å². The number of carbonyl (C=O) groups excluding carboxylic acids is 1. The molecule has 0 radical (unpaired) electrons. The Morgan fingerprint density at radius 2 is 1.91 bits per heavy atom. The number of carboxylic acid groups (broad SMARTS) is 1. The number of aliphatic carboxylic acids is 1. The van der Waals surface area contributed by atoms with Crippen LogP contribution in [0.15, 0.2) is 30.3 Å². The Morgan fingerprint density at radius 1 is 1.27 bits per heavy atom. The van der Waals surface area contributed by atoms with Crippen LogP contribution in [0.4, 0.5) is 0 Å². The minimum atomic E-state index is -1.02. The molecule has 2 N–H and O–H groups in total. The van der Waals surface area contributed by atoms with Crippen molar-refractivity contribution < 1.29 is 19.4 Å². The Labute approximate surface area is 130 Å². The third-order valence-electron chi connectivity index (χ3n) is 3.87. The van der Waals surface area contributed by atoms with Gasteiger partial charge in [-0.05, 0) is 12.5 Å². The van der Waals surface area contributed by atoms with Gasteiger partial charge in [0.25, 0.3) is 0 Å². The second-order valence-corrected chi connectivity index (χ2v) is 5.41. The first kappa shape index (κ1) is 16.5. The number of nitrogens with one attached hydrogen (secondary N) is 1. The van der Waals surface area contributed by atoms with Gasteiger partial charge < -0.3 is 15.2 Å². The van der Waals surface area contributed by atoms with Gasteiger partial charge in [0.05, 0.1) is 19.3 Å². The molecule has 1 heterocycles. The van der Waals surface area contributed by atoms with Crippen molar-refractivity contribution in [3.63, 3.8) is 0 Å². The highest BCUT2D eigenvalue weighted by Gasteiger charge is 2.27. The van der Waals surface area contributed by atoms with Crippen LogP contribution in [0.2, 0.25) is 0 Å². The summed E-state index contributed by atoms with van der Waals surface area (Å²) < 4.78 is 5.26. The van der Waals surface area contributed by atoms with E-state index in [-0.39, 0.29) is 18.4 Å². The average Bonchev–Trinajstić information content (AvgIpc) is 2.55. The van der Waals surface area contributed by atoms with Crippen LogP contribution in [-0.2, 0) is 20.7 Å². The number of nitrogens with zero attached hydrogens (tertiary/aromatic N) is 1. The molecule has 2 atom stereocenters. The van der Waals surface area contributed by atoms with Gasteiger partial charge in [-0.25, -0.2) is 4.79 Å². The van der Waals surface area contributed by atoms with Gasteiger partial charge in [-0.2, -0.15) is 0 Å². The van der Waals surface area contributed by atoms with Crippen LogP contribution in [-0.4, -0.2) is 60.3 Å². The maximum Gasteiger partial charge on any atom is 0.326 e. The van der Waals surface area contributed by atoms with E-state index in [1.165, 1.54) is 0 Å². The van der Waals surface area contributed by atoms with Crippen molar-refractivity contribution in [1.29, 1.82) is 0 Å². The molecule has 1 saturated heterocycles. The molecule has 1 amide bonds. The molecule has 6 nitrogen and oxygen atoms in total. The van der Waals surface area contributed by atoms with Crippen LogP contribution in [0.25, 0.3) is 0 Å². The van der Waals surface area contributed by atoms with E-state index in [0.717, 1.165) is 5.56 Å². The lowest BCUT2D eigenvalue weighted by Gasteiger charge is -2.32. The van der Waals surface area contributed by atoms with E-state index in [2.05, 4.69) is 5.32 Å². The summed E-state index contributed by atoms with van der Waals surface area (Å²) in [6.45, 7) is 4.37. The maximum absolute atomic E-state index is 12.3. The fraction of sp³-hybridized carbons (Fsp3) is 0.500. The number of amides is 1. The van der Waals surface area contributed by atoms with E-state index >= 15 is 0 Å². The van der Waals surface area contributed by atoms with Gasteiger partial charge in [-0.1, -0.05) is 30.3 Å². The van der Waals surface area contributed by atoms with Crippen LogP contribution in [0, 0.1) is 0 Å². The van der Waals surface area contributed by atoms with Gasteiger partial charge >= 0.3 is 5.97 Å². The lowest BCUT2D eigenvalue weighted by Crippen LogP contribution is -2.53. The summed E-state index contributed by atoms with van der Waals surface area (Å²) in [4.78, 5) is 25.7. The Bertz CT molecular complexity index is 500. The molecule has 1 aromatic rings. The van der Waals surface area contributed by atoms with Crippen molar-refractivity contribution in [3.05, 3.63) is 35.9 Å². The van der Waals surface area contributed by atoms with Gasteiger partial charge in [-0.15, -0.1) is 0 Å². The highest BCUT2D eigenvalue weighted by atomic mass is 16.5. The Morgan fingerprint density at radius 3 is 2.50 bits per heavy atom. The van der Waals surface area contributed by atoms with Gasteiger partial charge in [0.1, 0.15) is 6.04 Å². The van der Waals surface area contributed by atoms with Crippen LogP contribution in [0.3, 0.4) is 0 Å². The van der Waals surface area contributed by atoms with Crippen molar-refractivity contribution in [2.45, 2.75) is 25.4 Å². The molecule has 0 bridgehead atoms. The molecule has 120 valence electrons. The molecule has 1 aromatic carbocycles. The van der Waals surface area contributed by atoms with Gasteiger partial charge in [0, 0.05) is 19.5 Å². The lowest BCUT2D eigenvalue weighted by atomic mass is 10.1. The first-order chi connectivity index (χ1) is 10.6. The Balaban J connectivity index is 1.95. The minimum Gasteiger partial charge on any atom is -0.480 e. The summed E-state index contributed by atoms with van der Waals surface area (Å²) in [5, 5.41) is 12.0. The predicted molar refractivity (Wildman–Crippen MR) is 81.6 cm³/mol. The summed E-state index contributed by atoms with van der Waals surface area (Å²) >= 11 is 0. The van der Waals surface area contributed by atoms with Crippen LogP contribution in [0.5, 0.6) is 0 Å². The molecule has 22 heavy (non-hydrogen) atoms. The van der Waals surface area contributed by atoms with E-state index in [0.29, 0.717) is 26.3 Å². The van der Waals surface area contributed by atoms with Crippen molar-refractivity contribution in [3.8, 4) is 0 Å². The van der Waals surface area contributed by atoms with Crippen molar-refractivity contribution >= 4 is 11.9 Å². The molecular weight excluding hydrogens is 284 g/mol. The lowest BCUT2D eigenvalue weighted by molar-refractivity contribution is -0.142. The number of rotatable bonds is 6. The van der Waals surface area contributed by atoms with Crippen molar-refractivity contribution in [2.75, 3.05) is 26.3 Å². The number of carbonyl (C=O) groups is 2. The zero-order chi connectivity index (χ0) is 15.9. The second-order valence-electron chi connectivity index (χ2n) is 5.41. The largest absolute Gasteiger partial charge is 0.480 e. The smallest absolute Gasteiger partial charge is 0.326 e. The zero-order valence-electron chi connectivity index (χ0n) is 12.7. The standard InChI is InChI=1S/C16H22N2O4/c1-12(18-7-9-22-10-8-18)15(19)17-14(16(20)21)11-13-5-3-2-4-6-13/h2-6,12,14H,7-11H2,1H3,(H,17,19)(H,20,21)/t12?,14-/m1/s1.